The van der Waals surface area contributed by atoms with Gasteiger partial charge in [-0.1, -0.05) is 13.8 Å². The lowest BCUT2D eigenvalue weighted by Crippen LogP contribution is -2.08. The van der Waals surface area contributed by atoms with Crippen LogP contribution in [0, 0.1) is 0 Å². The quantitative estimate of drug-likeness (QED) is 0.751. The van der Waals surface area contributed by atoms with Crippen molar-refractivity contribution in [2.75, 3.05) is 5.32 Å². The normalized spacial score (nSPS) is 11.1. The van der Waals surface area contributed by atoms with E-state index in [0.717, 1.165) is 47.9 Å². The first-order valence-corrected chi connectivity index (χ1v) is 7.43. The van der Waals surface area contributed by atoms with Gasteiger partial charge >= 0.3 is 0 Å². The second-order valence-corrected chi connectivity index (χ2v) is 5.03. The van der Waals surface area contributed by atoms with E-state index in [9.17, 15) is 0 Å². The van der Waals surface area contributed by atoms with Crippen molar-refractivity contribution in [3.05, 3.63) is 42.3 Å². The summed E-state index contributed by atoms with van der Waals surface area (Å²) in [7, 11) is 0. The van der Waals surface area contributed by atoms with Crippen molar-refractivity contribution in [1.82, 2.24) is 14.5 Å². The van der Waals surface area contributed by atoms with E-state index < -0.39 is 0 Å². The highest BCUT2D eigenvalue weighted by Gasteiger charge is 2.06. The maximum atomic E-state index is 5.62. The molecule has 0 unspecified atom stereocenters. The molecule has 0 aliphatic heterocycles. The summed E-state index contributed by atoms with van der Waals surface area (Å²) in [6.07, 6.45) is 5.79. The molecule has 0 bridgehead atoms. The van der Waals surface area contributed by atoms with Crippen LogP contribution in [-0.2, 0) is 19.5 Å². The molecule has 5 heteroatoms. The first kappa shape index (κ1) is 13.7. The van der Waals surface area contributed by atoms with Gasteiger partial charge in [0.2, 0.25) is 0 Å². The number of aryl methyl sites for hydroxylation is 2. The van der Waals surface area contributed by atoms with E-state index in [1.807, 2.05) is 37.5 Å². The number of hydrogen-bond donors (Lipinski definition) is 1. The number of benzene rings is 1. The van der Waals surface area contributed by atoms with Gasteiger partial charge in [0.15, 0.2) is 11.5 Å². The topological polar surface area (TPSA) is 55.9 Å². The molecule has 1 N–H and O–H groups in total. The molecule has 21 heavy (non-hydrogen) atoms. The number of hydrogen-bond acceptors (Lipinski definition) is 4. The van der Waals surface area contributed by atoms with Gasteiger partial charge in [0, 0.05) is 31.0 Å². The molecule has 0 spiro atoms. The Kier molecular flexibility index (Phi) is 3.90. The third kappa shape index (κ3) is 2.91. The molecule has 3 rings (SSSR count). The van der Waals surface area contributed by atoms with Crippen LogP contribution in [0.25, 0.3) is 11.1 Å². The van der Waals surface area contributed by atoms with E-state index in [0.29, 0.717) is 6.54 Å². The highest BCUT2D eigenvalue weighted by molar-refractivity contribution is 5.77. The minimum absolute atomic E-state index is 0.705. The Morgan fingerprint density at radius 1 is 1.29 bits per heavy atom. The van der Waals surface area contributed by atoms with Gasteiger partial charge in [-0.2, -0.15) is 0 Å². The SMILES string of the molecule is CCCn1ccnc1CNc1ccc2oc(CC)nc2c1. The summed E-state index contributed by atoms with van der Waals surface area (Å²) >= 11 is 0. The zero-order valence-corrected chi connectivity index (χ0v) is 12.5. The van der Waals surface area contributed by atoms with E-state index >= 15 is 0 Å². The van der Waals surface area contributed by atoms with Crippen molar-refractivity contribution in [2.45, 2.75) is 39.8 Å². The van der Waals surface area contributed by atoms with Crippen molar-refractivity contribution >= 4 is 16.8 Å². The molecule has 2 heterocycles. The molecule has 1 aromatic carbocycles. The third-order valence-electron chi connectivity index (χ3n) is 3.45. The third-order valence-corrected chi connectivity index (χ3v) is 3.45. The molecule has 5 nitrogen and oxygen atoms in total. The molecule has 0 aliphatic carbocycles. The first-order chi connectivity index (χ1) is 10.3. The van der Waals surface area contributed by atoms with Crippen molar-refractivity contribution in [1.29, 1.82) is 0 Å². The number of anilines is 1. The number of nitrogens with zero attached hydrogens (tertiary/aromatic N) is 3. The van der Waals surface area contributed by atoms with E-state index in [2.05, 4.69) is 26.8 Å². The second kappa shape index (κ2) is 5.99. The highest BCUT2D eigenvalue weighted by Crippen LogP contribution is 2.20. The lowest BCUT2D eigenvalue weighted by Gasteiger charge is -2.08. The highest BCUT2D eigenvalue weighted by atomic mass is 16.3. The van der Waals surface area contributed by atoms with Crippen LogP contribution in [0.15, 0.2) is 35.0 Å². The fourth-order valence-corrected chi connectivity index (χ4v) is 2.37. The standard InChI is InChI=1S/C16H20N4O/c1-3-8-20-9-7-17-15(20)11-18-12-5-6-14-13(10-12)19-16(4-2)21-14/h5-7,9-10,18H,3-4,8,11H2,1-2H3. The van der Waals surface area contributed by atoms with Crippen LogP contribution in [0.1, 0.15) is 32.0 Å². The minimum atomic E-state index is 0.705. The number of oxazole rings is 1. The van der Waals surface area contributed by atoms with Gasteiger partial charge in [0.05, 0.1) is 6.54 Å². The smallest absolute Gasteiger partial charge is 0.195 e. The van der Waals surface area contributed by atoms with Gasteiger partial charge in [-0.3, -0.25) is 0 Å². The van der Waals surface area contributed by atoms with Crippen LogP contribution < -0.4 is 5.32 Å². The molecule has 110 valence electrons. The summed E-state index contributed by atoms with van der Waals surface area (Å²) < 4.78 is 7.80. The maximum Gasteiger partial charge on any atom is 0.195 e. The van der Waals surface area contributed by atoms with E-state index in [-0.39, 0.29) is 0 Å². The molecule has 0 amide bonds. The fourth-order valence-electron chi connectivity index (χ4n) is 2.37. The Morgan fingerprint density at radius 2 is 2.19 bits per heavy atom. The predicted molar refractivity (Wildman–Crippen MR) is 83.2 cm³/mol. The summed E-state index contributed by atoms with van der Waals surface area (Å²) in [5.74, 6) is 1.83. The Hall–Kier alpha value is -2.30. The summed E-state index contributed by atoms with van der Waals surface area (Å²) in [6.45, 7) is 5.91. The lowest BCUT2D eigenvalue weighted by molar-refractivity contribution is 0.538. The van der Waals surface area contributed by atoms with Gasteiger partial charge in [-0.05, 0) is 24.6 Å². The van der Waals surface area contributed by atoms with Gasteiger partial charge < -0.3 is 14.3 Å². The Morgan fingerprint density at radius 3 is 3.00 bits per heavy atom. The zero-order chi connectivity index (χ0) is 14.7. The van der Waals surface area contributed by atoms with Gasteiger partial charge in [0.1, 0.15) is 11.3 Å². The van der Waals surface area contributed by atoms with Crippen LogP contribution in [-0.4, -0.2) is 14.5 Å². The Bertz CT molecular complexity index is 729. The van der Waals surface area contributed by atoms with E-state index in [1.54, 1.807) is 0 Å². The van der Waals surface area contributed by atoms with Crippen molar-refractivity contribution in [3.8, 4) is 0 Å². The molecule has 0 fully saturated rings. The predicted octanol–water partition coefficient (Wildman–Crippen LogP) is 3.61. The molecule has 0 saturated heterocycles. The molecule has 0 radical (unpaired) electrons. The summed E-state index contributed by atoms with van der Waals surface area (Å²) in [6, 6.07) is 5.99. The lowest BCUT2D eigenvalue weighted by atomic mass is 10.3. The molecule has 0 saturated carbocycles. The van der Waals surface area contributed by atoms with Crippen molar-refractivity contribution in [2.24, 2.45) is 0 Å². The molecular formula is C16H20N4O. The fraction of sp³-hybridized carbons (Fsp3) is 0.375. The van der Waals surface area contributed by atoms with Crippen molar-refractivity contribution < 1.29 is 4.42 Å². The first-order valence-electron chi connectivity index (χ1n) is 7.43. The van der Waals surface area contributed by atoms with E-state index in [4.69, 9.17) is 4.42 Å². The van der Waals surface area contributed by atoms with Gasteiger partial charge in [-0.25, -0.2) is 9.97 Å². The summed E-state index contributed by atoms with van der Waals surface area (Å²) in [5, 5.41) is 3.40. The molecule has 0 aliphatic rings. The van der Waals surface area contributed by atoms with Crippen LogP contribution in [0.2, 0.25) is 0 Å². The van der Waals surface area contributed by atoms with Gasteiger partial charge in [-0.15, -0.1) is 0 Å². The number of rotatable bonds is 6. The van der Waals surface area contributed by atoms with Crippen molar-refractivity contribution in [3.63, 3.8) is 0 Å². The number of aromatic nitrogens is 3. The second-order valence-electron chi connectivity index (χ2n) is 5.03. The number of fused-ring (bicyclic) bond motifs is 1. The minimum Gasteiger partial charge on any atom is -0.441 e. The number of imidazole rings is 1. The average Bonchev–Trinajstić information content (AvgIpc) is 3.11. The molecule has 2 aromatic heterocycles. The summed E-state index contributed by atoms with van der Waals surface area (Å²) in [5.41, 5.74) is 2.77. The van der Waals surface area contributed by atoms with Crippen LogP contribution in [0.3, 0.4) is 0 Å². The molecular weight excluding hydrogens is 264 g/mol. The Balaban J connectivity index is 1.73. The maximum absolute atomic E-state index is 5.62. The van der Waals surface area contributed by atoms with Crippen LogP contribution >= 0.6 is 0 Å². The monoisotopic (exact) mass is 284 g/mol. The largest absolute Gasteiger partial charge is 0.441 e. The van der Waals surface area contributed by atoms with Crippen LogP contribution in [0.4, 0.5) is 5.69 Å². The molecule has 3 aromatic rings. The Labute approximate surface area is 124 Å². The van der Waals surface area contributed by atoms with Gasteiger partial charge in [0.25, 0.3) is 0 Å². The summed E-state index contributed by atoms with van der Waals surface area (Å²) in [4.78, 5) is 8.85. The van der Waals surface area contributed by atoms with Crippen LogP contribution in [0.5, 0.6) is 0 Å². The zero-order valence-electron chi connectivity index (χ0n) is 12.5. The van der Waals surface area contributed by atoms with E-state index in [1.165, 1.54) is 0 Å². The molecule has 0 atom stereocenters. The number of nitrogens with one attached hydrogen (secondary N) is 1. The average molecular weight is 284 g/mol.